The minimum Gasteiger partial charge on any atom is -0.380 e. The van der Waals surface area contributed by atoms with Crippen molar-refractivity contribution in [2.45, 2.75) is 19.6 Å². The van der Waals surface area contributed by atoms with E-state index in [4.69, 9.17) is 4.74 Å². The van der Waals surface area contributed by atoms with Gasteiger partial charge < -0.3 is 10.1 Å². The zero-order chi connectivity index (χ0) is 15.4. The smallest absolute Gasteiger partial charge is 0.226 e. The Kier molecular flexibility index (Phi) is 4.50. The van der Waals surface area contributed by atoms with Gasteiger partial charge in [-0.05, 0) is 11.1 Å². The normalized spacial score (nSPS) is 11.0. The summed E-state index contributed by atoms with van der Waals surface area (Å²) in [5.41, 5.74) is 2.95. The summed E-state index contributed by atoms with van der Waals surface area (Å²) in [6.07, 6.45) is 4.13. The third-order valence-corrected chi connectivity index (χ3v) is 4.15. The third-order valence-electron chi connectivity index (χ3n) is 3.38. The largest absolute Gasteiger partial charge is 0.380 e. The topological polar surface area (TPSA) is 55.6 Å². The first-order chi connectivity index (χ1) is 10.8. The molecule has 114 valence electrons. The second-order valence-electron chi connectivity index (χ2n) is 4.98. The summed E-state index contributed by atoms with van der Waals surface area (Å²) in [7, 11) is 1.67. The lowest BCUT2D eigenvalue weighted by molar-refractivity contribution is -0.120. The number of ether oxygens (including phenoxy) is 1. The summed E-state index contributed by atoms with van der Waals surface area (Å²) in [5, 5.41) is 4.91. The van der Waals surface area contributed by atoms with Gasteiger partial charge in [0.05, 0.1) is 18.7 Å². The Bertz CT molecular complexity index is 750. The third kappa shape index (κ3) is 3.35. The number of thiazole rings is 1. The van der Waals surface area contributed by atoms with Gasteiger partial charge in [0.2, 0.25) is 5.91 Å². The summed E-state index contributed by atoms with van der Waals surface area (Å²) >= 11 is 1.56. The van der Waals surface area contributed by atoms with Crippen LogP contribution in [0.15, 0.2) is 42.0 Å². The van der Waals surface area contributed by atoms with E-state index in [2.05, 4.69) is 10.3 Å². The molecule has 0 aliphatic heterocycles. The lowest BCUT2D eigenvalue weighted by atomic mass is 10.1. The Morgan fingerprint density at radius 1 is 1.36 bits per heavy atom. The molecule has 3 rings (SSSR count). The van der Waals surface area contributed by atoms with Gasteiger partial charge in [0, 0.05) is 31.4 Å². The average molecular weight is 315 g/mol. The Balaban J connectivity index is 1.59. The highest BCUT2D eigenvalue weighted by Gasteiger charge is 2.09. The van der Waals surface area contributed by atoms with Crippen molar-refractivity contribution in [3.8, 4) is 0 Å². The molecular formula is C16H17N3O2S. The van der Waals surface area contributed by atoms with E-state index in [9.17, 15) is 4.79 Å². The molecule has 0 radical (unpaired) electrons. The van der Waals surface area contributed by atoms with Crippen LogP contribution in [0, 0.1) is 0 Å². The molecule has 6 heteroatoms. The van der Waals surface area contributed by atoms with Gasteiger partial charge in [0.25, 0.3) is 0 Å². The standard InChI is InChI=1S/C16H17N3O2S/c1-21-11-13-5-3-2-4-12(13)9-17-15(20)8-14-10-19-6-7-22-16(19)18-14/h2-7,10H,8-9,11H2,1H3,(H,17,20). The number of imidazole rings is 1. The van der Waals surface area contributed by atoms with Crippen molar-refractivity contribution in [2.75, 3.05) is 7.11 Å². The van der Waals surface area contributed by atoms with E-state index >= 15 is 0 Å². The van der Waals surface area contributed by atoms with Crippen molar-refractivity contribution >= 4 is 22.2 Å². The number of methoxy groups -OCH3 is 1. The zero-order valence-electron chi connectivity index (χ0n) is 12.3. The fourth-order valence-corrected chi connectivity index (χ4v) is 3.03. The second-order valence-corrected chi connectivity index (χ2v) is 5.85. The molecule has 1 amide bonds. The fraction of sp³-hybridized carbons (Fsp3) is 0.250. The summed E-state index contributed by atoms with van der Waals surface area (Å²) in [5.74, 6) is -0.0297. The van der Waals surface area contributed by atoms with Crippen LogP contribution in [0.1, 0.15) is 16.8 Å². The molecule has 0 fully saturated rings. The van der Waals surface area contributed by atoms with E-state index in [1.165, 1.54) is 0 Å². The summed E-state index contributed by atoms with van der Waals surface area (Å²) in [4.78, 5) is 17.4. The highest BCUT2D eigenvalue weighted by atomic mass is 32.1. The zero-order valence-corrected chi connectivity index (χ0v) is 13.1. The molecule has 0 spiro atoms. The predicted molar refractivity (Wildman–Crippen MR) is 85.8 cm³/mol. The molecule has 5 nitrogen and oxygen atoms in total. The quantitative estimate of drug-likeness (QED) is 0.760. The molecule has 0 bridgehead atoms. The number of carbonyl (C=O) groups excluding carboxylic acids is 1. The lowest BCUT2D eigenvalue weighted by Gasteiger charge is -2.09. The number of nitrogens with one attached hydrogen (secondary N) is 1. The minimum absolute atomic E-state index is 0.0297. The average Bonchev–Trinajstić information content (AvgIpc) is 3.08. The fourth-order valence-electron chi connectivity index (χ4n) is 2.31. The molecule has 1 aromatic carbocycles. The van der Waals surface area contributed by atoms with Gasteiger partial charge in [-0.3, -0.25) is 9.20 Å². The second kappa shape index (κ2) is 6.72. The molecule has 2 aromatic heterocycles. The molecular weight excluding hydrogens is 298 g/mol. The van der Waals surface area contributed by atoms with Crippen LogP contribution in [-0.4, -0.2) is 22.4 Å². The molecule has 0 saturated carbocycles. The first kappa shape index (κ1) is 14.7. The van der Waals surface area contributed by atoms with Crippen LogP contribution in [-0.2, 0) is 29.1 Å². The van der Waals surface area contributed by atoms with E-state index in [0.717, 1.165) is 21.8 Å². The van der Waals surface area contributed by atoms with E-state index < -0.39 is 0 Å². The highest BCUT2D eigenvalue weighted by Crippen LogP contribution is 2.12. The first-order valence-corrected chi connectivity index (χ1v) is 7.87. The maximum Gasteiger partial charge on any atom is 0.226 e. The summed E-state index contributed by atoms with van der Waals surface area (Å²) in [6.45, 7) is 1.05. The molecule has 22 heavy (non-hydrogen) atoms. The molecule has 0 aliphatic rings. The Labute approximate surface area is 132 Å². The van der Waals surface area contributed by atoms with E-state index in [0.29, 0.717) is 19.6 Å². The number of fused-ring (bicyclic) bond motifs is 1. The monoisotopic (exact) mass is 315 g/mol. The van der Waals surface area contributed by atoms with Crippen molar-refractivity contribution in [3.05, 3.63) is 58.9 Å². The van der Waals surface area contributed by atoms with Crippen LogP contribution >= 0.6 is 11.3 Å². The van der Waals surface area contributed by atoms with Gasteiger partial charge in [-0.1, -0.05) is 24.3 Å². The van der Waals surface area contributed by atoms with Crippen molar-refractivity contribution in [3.63, 3.8) is 0 Å². The molecule has 1 N–H and O–H groups in total. The van der Waals surface area contributed by atoms with Crippen LogP contribution in [0.25, 0.3) is 4.96 Å². The van der Waals surface area contributed by atoms with Gasteiger partial charge >= 0.3 is 0 Å². The van der Waals surface area contributed by atoms with Crippen molar-refractivity contribution < 1.29 is 9.53 Å². The number of benzene rings is 1. The maximum atomic E-state index is 12.1. The highest BCUT2D eigenvalue weighted by molar-refractivity contribution is 7.15. The van der Waals surface area contributed by atoms with Crippen molar-refractivity contribution in [2.24, 2.45) is 0 Å². The van der Waals surface area contributed by atoms with Crippen LogP contribution < -0.4 is 5.32 Å². The molecule has 2 heterocycles. The summed E-state index contributed by atoms with van der Waals surface area (Å²) in [6, 6.07) is 7.94. The van der Waals surface area contributed by atoms with Crippen molar-refractivity contribution in [1.82, 2.24) is 14.7 Å². The SMILES string of the molecule is COCc1ccccc1CNC(=O)Cc1cn2ccsc2n1. The van der Waals surface area contributed by atoms with Gasteiger partial charge in [-0.25, -0.2) is 4.98 Å². The van der Waals surface area contributed by atoms with Crippen LogP contribution in [0.4, 0.5) is 0 Å². The number of nitrogens with zero attached hydrogens (tertiary/aromatic N) is 2. The van der Waals surface area contributed by atoms with Crippen molar-refractivity contribution in [1.29, 1.82) is 0 Å². The Morgan fingerprint density at radius 3 is 2.95 bits per heavy atom. The van der Waals surface area contributed by atoms with Gasteiger partial charge in [-0.15, -0.1) is 11.3 Å². The number of hydrogen-bond acceptors (Lipinski definition) is 4. The molecule has 0 saturated heterocycles. The number of rotatable bonds is 6. The Hall–Kier alpha value is -2.18. The van der Waals surface area contributed by atoms with Crippen LogP contribution in [0.3, 0.4) is 0 Å². The number of carbonyl (C=O) groups is 1. The van der Waals surface area contributed by atoms with Crippen LogP contribution in [0.2, 0.25) is 0 Å². The lowest BCUT2D eigenvalue weighted by Crippen LogP contribution is -2.25. The maximum absolute atomic E-state index is 12.1. The minimum atomic E-state index is -0.0297. The van der Waals surface area contributed by atoms with Gasteiger partial charge in [0.1, 0.15) is 0 Å². The molecule has 0 aliphatic carbocycles. The molecule has 0 unspecified atom stereocenters. The number of aromatic nitrogens is 2. The number of amides is 1. The predicted octanol–water partition coefficient (Wildman–Crippen LogP) is 2.40. The number of hydrogen-bond donors (Lipinski definition) is 1. The van der Waals surface area contributed by atoms with E-state index in [1.54, 1.807) is 18.4 Å². The van der Waals surface area contributed by atoms with Gasteiger partial charge in [-0.2, -0.15) is 0 Å². The first-order valence-electron chi connectivity index (χ1n) is 7.00. The Morgan fingerprint density at radius 2 is 2.18 bits per heavy atom. The van der Waals surface area contributed by atoms with E-state index in [-0.39, 0.29) is 5.91 Å². The van der Waals surface area contributed by atoms with E-state index in [1.807, 2.05) is 46.4 Å². The summed E-state index contributed by atoms with van der Waals surface area (Å²) < 4.78 is 7.10. The van der Waals surface area contributed by atoms with Gasteiger partial charge in [0.15, 0.2) is 4.96 Å². The van der Waals surface area contributed by atoms with Crippen LogP contribution in [0.5, 0.6) is 0 Å². The molecule has 0 atom stereocenters. The molecule has 3 aromatic rings.